The third-order valence-electron chi connectivity index (χ3n) is 2.95. The van der Waals surface area contributed by atoms with Crippen molar-refractivity contribution in [1.29, 1.82) is 0 Å². The Hall–Kier alpha value is -2.89. The summed E-state index contributed by atoms with van der Waals surface area (Å²) in [5, 5.41) is 8.71. The molecular formula is C15H13N3O3. The minimum absolute atomic E-state index is 0.0123. The summed E-state index contributed by atoms with van der Waals surface area (Å²) in [6, 6.07) is 8.84. The number of aliphatic carboxylic acids is 1. The first-order valence-electron chi connectivity index (χ1n) is 6.43. The second-order valence-corrected chi connectivity index (χ2v) is 4.56. The molecule has 0 unspecified atom stereocenters. The highest BCUT2D eigenvalue weighted by molar-refractivity contribution is 5.70. The molecule has 6 heteroatoms. The molecule has 6 nitrogen and oxygen atoms in total. The fourth-order valence-electron chi connectivity index (χ4n) is 1.98. The highest BCUT2D eigenvalue weighted by Crippen LogP contribution is 2.14. The Morgan fingerprint density at radius 2 is 2.10 bits per heavy atom. The summed E-state index contributed by atoms with van der Waals surface area (Å²) in [4.78, 5) is 19.1. The van der Waals surface area contributed by atoms with E-state index in [0.717, 1.165) is 11.3 Å². The first-order valence-corrected chi connectivity index (χ1v) is 6.43. The summed E-state index contributed by atoms with van der Waals surface area (Å²) in [6.45, 7) is 0.335. The number of aromatic nitrogens is 3. The predicted molar refractivity (Wildman–Crippen MR) is 75.1 cm³/mol. The van der Waals surface area contributed by atoms with Gasteiger partial charge in [-0.2, -0.15) is 0 Å². The van der Waals surface area contributed by atoms with E-state index in [1.54, 1.807) is 30.5 Å². The number of carboxylic acids is 1. The van der Waals surface area contributed by atoms with Crippen molar-refractivity contribution in [3.8, 4) is 5.75 Å². The number of fused-ring (bicyclic) bond motifs is 1. The van der Waals surface area contributed by atoms with E-state index in [1.165, 1.54) is 0 Å². The summed E-state index contributed by atoms with van der Waals surface area (Å²) >= 11 is 0. The Kier molecular flexibility index (Phi) is 3.51. The fourth-order valence-corrected chi connectivity index (χ4v) is 1.98. The number of hydrogen-bond acceptors (Lipinski definition) is 4. The highest BCUT2D eigenvalue weighted by Gasteiger charge is 2.04. The third kappa shape index (κ3) is 3.17. The lowest BCUT2D eigenvalue weighted by atomic mass is 10.1. The van der Waals surface area contributed by atoms with Gasteiger partial charge < -0.3 is 9.84 Å². The molecule has 0 aliphatic carbocycles. The summed E-state index contributed by atoms with van der Waals surface area (Å²) in [7, 11) is 0. The van der Waals surface area contributed by atoms with Gasteiger partial charge in [0, 0.05) is 18.6 Å². The number of ether oxygens (including phenoxy) is 1. The van der Waals surface area contributed by atoms with Crippen molar-refractivity contribution in [2.45, 2.75) is 13.0 Å². The number of carboxylic acid groups (broad SMARTS) is 1. The lowest BCUT2D eigenvalue weighted by Crippen LogP contribution is -2.00. The predicted octanol–water partition coefficient (Wildman–Crippen LogP) is 1.94. The summed E-state index contributed by atoms with van der Waals surface area (Å²) < 4.78 is 7.46. The van der Waals surface area contributed by atoms with Crippen LogP contribution in [0.15, 0.2) is 48.9 Å². The van der Waals surface area contributed by atoms with Crippen molar-refractivity contribution in [1.82, 2.24) is 14.4 Å². The van der Waals surface area contributed by atoms with Crippen molar-refractivity contribution in [2.75, 3.05) is 0 Å². The van der Waals surface area contributed by atoms with Crippen LogP contribution in [0.2, 0.25) is 0 Å². The van der Waals surface area contributed by atoms with Gasteiger partial charge in [0.25, 0.3) is 0 Å². The minimum Gasteiger partial charge on any atom is -0.487 e. The molecule has 3 rings (SSSR count). The smallest absolute Gasteiger partial charge is 0.307 e. The molecule has 21 heavy (non-hydrogen) atoms. The maximum Gasteiger partial charge on any atom is 0.307 e. The second kappa shape index (κ2) is 5.62. The topological polar surface area (TPSA) is 76.7 Å². The van der Waals surface area contributed by atoms with Crippen molar-refractivity contribution in [2.24, 2.45) is 0 Å². The third-order valence-corrected chi connectivity index (χ3v) is 2.95. The number of rotatable bonds is 5. The molecule has 0 amide bonds. The Morgan fingerprint density at radius 3 is 2.81 bits per heavy atom. The Bertz CT molecular complexity index is 732. The van der Waals surface area contributed by atoms with Crippen LogP contribution in [-0.2, 0) is 17.8 Å². The molecule has 0 saturated heterocycles. The zero-order chi connectivity index (χ0) is 14.7. The SMILES string of the molecule is O=C(O)Cc1ccc(OCc2cn3cccnc3n2)cc1. The van der Waals surface area contributed by atoms with Gasteiger partial charge in [0.1, 0.15) is 12.4 Å². The average molecular weight is 283 g/mol. The number of nitrogens with zero attached hydrogens (tertiary/aromatic N) is 3. The molecule has 1 aromatic carbocycles. The normalized spacial score (nSPS) is 10.7. The quantitative estimate of drug-likeness (QED) is 0.774. The average Bonchev–Trinajstić information content (AvgIpc) is 2.89. The van der Waals surface area contributed by atoms with Crippen molar-refractivity contribution >= 4 is 11.7 Å². The summed E-state index contributed by atoms with van der Waals surface area (Å²) in [5.41, 5.74) is 1.52. The maximum absolute atomic E-state index is 10.6. The van der Waals surface area contributed by atoms with Crippen LogP contribution in [0.5, 0.6) is 5.75 Å². The van der Waals surface area contributed by atoms with Crippen molar-refractivity contribution in [3.05, 3.63) is 60.2 Å². The van der Waals surface area contributed by atoms with E-state index >= 15 is 0 Å². The number of carbonyl (C=O) groups is 1. The Labute approximate surface area is 120 Å². The van der Waals surface area contributed by atoms with Gasteiger partial charge in [-0.3, -0.25) is 9.20 Å². The van der Waals surface area contributed by atoms with Crippen LogP contribution in [0.4, 0.5) is 0 Å². The molecule has 2 aromatic heterocycles. The molecule has 106 valence electrons. The number of hydrogen-bond donors (Lipinski definition) is 1. The molecule has 0 fully saturated rings. The molecular weight excluding hydrogens is 270 g/mol. The van der Waals surface area contributed by atoms with Crippen LogP contribution < -0.4 is 4.74 Å². The molecule has 0 aliphatic rings. The van der Waals surface area contributed by atoms with Gasteiger partial charge in [0.15, 0.2) is 0 Å². The lowest BCUT2D eigenvalue weighted by Gasteiger charge is -2.04. The van der Waals surface area contributed by atoms with Gasteiger partial charge in [-0.1, -0.05) is 12.1 Å². The van der Waals surface area contributed by atoms with Gasteiger partial charge in [-0.25, -0.2) is 9.97 Å². The molecule has 2 heterocycles. The van der Waals surface area contributed by atoms with E-state index in [-0.39, 0.29) is 6.42 Å². The first kappa shape index (κ1) is 13.1. The zero-order valence-corrected chi connectivity index (χ0v) is 11.1. The summed E-state index contributed by atoms with van der Waals surface area (Å²) in [5.74, 6) is 0.461. The summed E-state index contributed by atoms with van der Waals surface area (Å²) in [6.07, 6.45) is 5.44. The highest BCUT2D eigenvalue weighted by atomic mass is 16.5. The van der Waals surface area contributed by atoms with Crippen LogP contribution in [0.3, 0.4) is 0 Å². The Morgan fingerprint density at radius 1 is 1.29 bits per heavy atom. The standard InChI is InChI=1S/C15H13N3O3/c19-14(20)8-11-2-4-13(5-3-11)21-10-12-9-18-7-1-6-16-15(18)17-12/h1-7,9H,8,10H2,(H,19,20). The molecule has 0 aliphatic heterocycles. The molecule has 0 spiro atoms. The van der Waals surface area contributed by atoms with Crippen LogP contribution >= 0.6 is 0 Å². The van der Waals surface area contributed by atoms with E-state index in [0.29, 0.717) is 18.1 Å². The molecule has 1 N–H and O–H groups in total. The Balaban J connectivity index is 1.65. The van der Waals surface area contributed by atoms with Crippen molar-refractivity contribution in [3.63, 3.8) is 0 Å². The minimum atomic E-state index is -0.846. The maximum atomic E-state index is 10.6. The van der Waals surface area contributed by atoms with E-state index in [4.69, 9.17) is 9.84 Å². The van der Waals surface area contributed by atoms with Crippen LogP contribution in [0.1, 0.15) is 11.3 Å². The van der Waals surface area contributed by atoms with Gasteiger partial charge >= 0.3 is 5.97 Å². The van der Waals surface area contributed by atoms with Crippen LogP contribution in [-0.4, -0.2) is 25.4 Å². The van der Waals surface area contributed by atoms with Crippen LogP contribution in [0, 0.1) is 0 Å². The molecule has 0 radical (unpaired) electrons. The van der Waals surface area contributed by atoms with Crippen LogP contribution in [0.25, 0.3) is 5.78 Å². The monoisotopic (exact) mass is 283 g/mol. The van der Waals surface area contributed by atoms with E-state index in [9.17, 15) is 4.79 Å². The number of benzene rings is 1. The van der Waals surface area contributed by atoms with Gasteiger partial charge in [-0.15, -0.1) is 0 Å². The lowest BCUT2D eigenvalue weighted by molar-refractivity contribution is -0.136. The van der Waals surface area contributed by atoms with Gasteiger partial charge in [0.2, 0.25) is 5.78 Å². The van der Waals surface area contributed by atoms with E-state index in [1.807, 2.05) is 22.9 Å². The second-order valence-electron chi connectivity index (χ2n) is 4.56. The van der Waals surface area contributed by atoms with Crippen molar-refractivity contribution < 1.29 is 14.6 Å². The zero-order valence-electron chi connectivity index (χ0n) is 11.1. The number of imidazole rings is 1. The van der Waals surface area contributed by atoms with Gasteiger partial charge in [-0.05, 0) is 23.8 Å². The molecule has 0 bridgehead atoms. The van der Waals surface area contributed by atoms with E-state index < -0.39 is 5.97 Å². The first-order chi connectivity index (χ1) is 10.2. The molecule has 3 aromatic rings. The largest absolute Gasteiger partial charge is 0.487 e. The van der Waals surface area contributed by atoms with Gasteiger partial charge in [0.05, 0.1) is 12.1 Å². The fraction of sp³-hybridized carbons (Fsp3) is 0.133. The molecule has 0 saturated carbocycles. The van der Waals surface area contributed by atoms with E-state index in [2.05, 4.69) is 9.97 Å². The molecule has 0 atom stereocenters.